The molecule has 2 aliphatic heterocycles. The first-order valence-electron chi connectivity index (χ1n) is 12.2. The lowest BCUT2D eigenvalue weighted by molar-refractivity contribution is 0.0662. The van der Waals surface area contributed by atoms with E-state index in [9.17, 15) is 13.5 Å². The first-order valence-corrected chi connectivity index (χ1v) is 13.6. The number of anilines is 1. The second-order valence-corrected chi connectivity index (χ2v) is 10.6. The van der Waals surface area contributed by atoms with E-state index in [0.717, 1.165) is 37.6 Å². The highest BCUT2D eigenvalue weighted by Crippen LogP contribution is 2.29. The molecule has 9 nitrogen and oxygen atoms in total. The Morgan fingerprint density at radius 1 is 0.943 bits per heavy atom. The zero-order valence-electron chi connectivity index (χ0n) is 20.2. The molecule has 1 N–H and O–H groups in total. The number of nitrogens with zero attached hydrogens (tertiary/aromatic N) is 3. The SMILES string of the molecule is CCOc1ccccc1N1CCN(C[C@H](O)COc2ccc(S(=O)(=O)N3CCOCC3)cc2)CC1. The van der Waals surface area contributed by atoms with Crippen LogP contribution in [-0.2, 0) is 14.8 Å². The van der Waals surface area contributed by atoms with Crippen molar-refractivity contribution < 1.29 is 27.7 Å². The average molecular weight is 506 g/mol. The van der Waals surface area contributed by atoms with Crippen molar-refractivity contribution in [1.82, 2.24) is 9.21 Å². The van der Waals surface area contributed by atoms with Crippen LogP contribution in [0.25, 0.3) is 0 Å². The number of β-amino-alcohol motifs (C(OH)–C–C–N with tert-alkyl or cyclic N) is 1. The van der Waals surface area contributed by atoms with E-state index >= 15 is 0 Å². The Hall–Kier alpha value is -2.37. The molecule has 2 aromatic carbocycles. The number of hydrogen-bond acceptors (Lipinski definition) is 8. The second-order valence-electron chi connectivity index (χ2n) is 8.64. The molecular formula is C25H35N3O6S. The lowest BCUT2D eigenvalue weighted by Crippen LogP contribution is -2.49. The van der Waals surface area contributed by atoms with Gasteiger partial charge in [-0.3, -0.25) is 4.90 Å². The van der Waals surface area contributed by atoms with Gasteiger partial charge in [0.25, 0.3) is 0 Å². The number of sulfonamides is 1. The van der Waals surface area contributed by atoms with Crippen molar-refractivity contribution >= 4 is 15.7 Å². The third-order valence-corrected chi connectivity index (χ3v) is 8.13. The smallest absolute Gasteiger partial charge is 0.243 e. The maximum atomic E-state index is 12.7. The van der Waals surface area contributed by atoms with Crippen LogP contribution in [0.3, 0.4) is 0 Å². The molecule has 0 unspecified atom stereocenters. The Bertz CT molecular complexity index is 1040. The molecule has 4 rings (SSSR count). The van der Waals surface area contributed by atoms with Gasteiger partial charge in [0, 0.05) is 45.8 Å². The molecule has 0 radical (unpaired) electrons. The molecule has 0 aliphatic carbocycles. The number of benzene rings is 2. The molecule has 0 amide bonds. The quantitative estimate of drug-likeness (QED) is 0.522. The predicted molar refractivity (Wildman–Crippen MR) is 134 cm³/mol. The summed E-state index contributed by atoms with van der Waals surface area (Å²) in [5.41, 5.74) is 1.11. The Morgan fingerprint density at radius 3 is 2.31 bits per heavy atom. The monoisotopic (exact) mass is 505 g/mol. The van der Waals surface area contributed by atoms with Gasteiger partial charge >= 0.3 is 0 Å². The number of rotatable bonds is 10. The van der Waals surface area contributed by atoms with E-state index in [1.54, 1.807) is 24.3 Å². The van der Waals surface area contributed by atoms with Crippen molar-refractivity contribution in [3.05, 3.63) is 48.5 Å². The van der Waals surface area contributed by atoms with Crippen LogP contribution in [0.4, 0.5) is 5.69 Å². The predicted octanol–water partition coefficient (Wildman–Crippen LogP) is 1.67. The summed E-state index contributed by atoms with van der Waals surface area (Å²) in [5.74, 6) is 1.43. The van der Waals surface area contributed by atoms with E-state index in [1.807, 2.05) is 25.1 Å². The minimum absolute atomic E-state index is 0.142. The molecule has 0 spiro atoms. The van der Waals surface area contributed by atoms with Gasteiger partial charge in [0.1, 0.15) is 24.2 Å². The molecule has 2 fully saturated rings. The summed E-state index contributed by atoms with van der Waals surface area (Å²) in [6.45, 7) is 8.22. The zero-order chi connectivity index (χ0) is 24.7. The van der Waals surface area contributed by atoms with Crippen LogP contribution in [0.15, 0.2) is 53.4 Å². The molecule has 35 heavy (non-hydrogen) atoms. The van der Waals surface area contributed by atoms with Crippen LogP contribution in [0.5, 0.6) is 11.5 Å². The molecule has 2 aliphatic rings. The maximum absolute atomic E-state index is 12.7. The highest BCUT2D eigenvalue weighted by Gasteiger charge is 2.26. The van der Waals surface area contributed by atoms with Gasteiger partial charge in [0.2, 0.25) is 10.0 Å². The Labute approximate surface area is 207 Å². The van der Waals surface area contributed by atoms with Crippen LogP contribution in [0.2, 0.25) is 0 Å². The van der Waals surface area contributed by atoms with Gasteiger partial charge in [-0.25, -0.2) is 8.42 Å². The first-order chi connectivity index (χ1) is 17.0. The zero-order valence-corrected chi connectivity index (χ0v) is 21.0. The highest BCUT2D eigenvalue weighted by atomic mass is 32.2. The molecule has 2 saturated heterocycles. The Balaban J connectivity index is 1.22. The average Bonchev–Trinajstić information content (AvgIpc) is 2.89. The minimum atomic E-state index is -3.53. The van der Waals surface area contributed by atoms with Gasteiger partial charge in [0.15, 0.2) is 0 Å². The van der Waals surface area contributed by atoms with Crippen LogP contribution in [-0.4, -0.2) is 101 Å². The second kappa shape index (κ2) is 12.0. The Morgan fingerprint density at radius 2 is 1.63 bits per heavy atom. The number of hydrogen-bond donors (Lipinski definition) is 1. The van der Waals surface area contributed by atoms with E-state index in [-0.39, 0.29) is 11.5 Å². The van der Waals surface area contributed by atoms with Gasteiger partial charge in [-0.15, -0.1) is 0 Å². The van der Waals surface area contributed by atoms with E-state index in [4.69, 9.17) is 14.2 Å². The molecule has 2 heterocycles. The number of piperazine rings is 1. The third-order valence-electron chi connectivity index (χ3n) is 6.22. The van der Waals surface area contributed by atoms with Crippen molar-refractivity contribution in [2.24, 2.45) is 0 Å². The lowest BCUT2D eigenvalue weighted by atomic mass is 10.2. The molecular weight excluding hydrogens is 470 g/mol. The normalized spacial score (nSPS) is 18.9. The fraction of sp³-hybridized carbons (Fsp3) is 0.520. The van der Waals surface area contributed by atoms with Crippen molar-refractivity contribution in [1.29, 1.82) is 0 Å². The molecule has 0 saturated carbocycles. The molecule has 192 valence electrons. The summed E-state index contributed by atoms with van der Waals surface area (Å²) in [7, 11) is -3.53. The summed E-state index contributed by atoms with van der Waals surface area (Å²) in [5, 5.41) is 10.5. The van der Waals surface area contributed by atoms with Crippen LogP contribution < -0.4 is 14.4 Å². The molecule has 2 aromatic rings. The van der Waals surface area contributed by atoms with Crippen molar-refractivity contribution in [3.63, 3.8) is 0 Å². The summed E-state index contributed by atoms with van der Waals surface area (Å²) in [6.07, 6.45) is -0.644. The van der Waals surface area contributed by atoms with Crippen molar-refractivity contribution in [3.8, 4) is 11.5 Å². The number of ether oxygens (including phenoxy) is 3. The maximum Gasteiger partial charge on any atom is 0.243 e. The number of aliphatic hydroxyl groups excluding tert-OH is 1. The summed E-state index contributed by atoms with van der Waals surface area (Å²) < 4.78 is 43.6. The van der Waals surface area contributed by atoms with Crippen molar-refractivity contribution in [2.75, 3.05) is 77.1 Å². The summed E-state index contributed by atoms with van der Waals surface area (Å²) in [6, 6.07) is 14.5. The highest BCUT2D eigenvalue weighted by molar-refractivity contribution is 7.89. The van der Waals surface area contributed by atoms with Crippen LogP contribution in [0.1, 0.15) is 6.92 Å². The first kappa shape index (κ1) is 25.7. The number of para-hydroxylation sites is 2. The topological polar surface area (TPSA) is 91.8 Å². The van der Waals surface area contributed by atoms with Crippen LogP contribution >= 0.6 is 0 Å². The summed E-state index contributed by atoms with van der Waals surface area (Å²) >= 11 is 0. The Kier molecular flexibility index (Phi) is 8.85. The molecule has 0 aromatic heterocycles. The number of morpholine rings is 1. The van der Waals surface area contributed by atoms with E-state index < -0.39 is 16.1 Å². The number of aliphatic hydroxyl groups is 1. The van der Waals surface area contributed by atoms with Crippen LogP contribution in [0, 0.1) is 0 Å². The van der Waals surface area contributed by atoms with Gasteiger partial charge in [-0.05, 0) is 43.3 Å². The van der Waals surface area contributed by atoms with E-state index in [0.29, 0.717) is 45.2 Å². The third kappa shape index (κ3) is 6.65. The molecule has 1 atom stereocenters. The van der Waals surface area contributed by atoms with Crippen molar-refractivity contribution in [2.45, 2.75) is 17.9 Å². The minimum Gasteiger partial charge on any atom is -0.492 e. The van der Waals surface area contributed by atoms with Gasteiger partial charge < -0.3 is 24.2 Å². The van der Waals surface area contributed by atoms with E-state index in [2.05, 4.69) is 15.9 Å². The van der Waals surface area contributed by atoms with Gasteiger partial charge in [-0.2, -0.15) is 4.31 Å². The van der Waals surface area contributed by atoms with Gasteiger partial charge in [-0.1, -0.05) is 12.1 Å². The van der Waals surface area contributed by atoms with E-state index in [1.165, 1.54) is 4.31 Å². The fourth-order valence-electron chi connectivity index (χ4n) is 4.35. The summed E-state index contributed by atoms with van der Waals surface area (Å²) in [4.78, 5) is 4.78. The van der Waals surface area contributed by atoms with Gasteiger partial charge in [0.05, 0.1) is 30.4 Å². The molecule has 10 heteroatoms. The molecule has 0 bridgehead atoms. The lowest BCUT2D eigenvalue weighted by Gasteiger charge is -2.37. The largest absolute Gasteiger partial charge is 0.492 e. The fourth-order valence-corrected chi connectivity index (χ4v) is 5.76. The standard InChI is InChI=1S/C25H35N3O6S/c1-2-33-25-6-4-3-5-24(25)27-13-11-26(12-14-27)19-21(29)20-34-22-7-9-23(10-8-22)35(30,31)28-15-17-32-18-16-28/h3-10,21,29H,2,11-20H2,1H3/t21-/m0/s1.